The molecule has 0 aliphatic rings. The highest BCUT2D eigenvalue weighted by atomic mass is 19.4. The lowest BCUT2D eigenvalue weighted by molar-refractivity contribution is -0.137. The Morgan fingerprint density at radius 1 is 1.32 bits per heavy atom. The molecule has 0 radical (unpaired) electrons. The van der Waals surface area contributed by atoms with Crippen LogP contribution in [-0.2, 0) is 30.9 Å². The third-order valence-corrected chi connectivity index (χ3v) is 3.24. The van der Waals surface area contributed by atoms with E-state index >= 15 is 0 Å². The second kappa shape index (κ2) is 6.64. The Morgan fingerprint density at radius 3 is 2.73 bits per heavy atom. The zero-order chi connectivity index (χ0) is 16.2. The molecule has 0 atom stereocenters. The van der Waals surface area contributed by atoms with Crippen LogP contribution >= 0.6 is 0 Å². The predicted octanol–water partition coefficient (Wildman–Crippen LogP) is 2.34. The van der Waals surface area contributed by atoms with Gasteiger partial charge in [-0.3, -0.25) is 9.48 Å². The average Bonchev–Trinajstić information content (AvgIpc) is 2.84. The van der Waals surface area contributed by atoms with Gasteiger partial charge in [0.15, 0.2) is 0 Å². The van der Waals surface area contributed by atoms with Crippen LogP contribution in [0.25, 0.3) is 0 Å². The normalized spacial score (nSPS) is 11.5. The number of nitrogens with one attached hydrogen (secondary N) is 1. The van der Waals surface area contributed by atoms with E-state index < -0.39 is 11.7 Å². The molecule has 1 N–H and O–H groups in total. The molecule has 4 nitrogen and oxygen atoms in total. The van der Waals surface area contributed by atoms with Gasteiger partial charge < -0.3 is 5.32 Å². The van der Waals surface area contributed by atoms with Gasteiger partial charge in [-0.15, -0.1) is 0 Å². The smallest absolute Gasteiger partial charge is 0.355 e. The van der Waals surface area contributed by atoms with Gasteiger partial charge in [0.1, 0.15) is 0 Å². The number of halogens is 3. The van der Waals surface area contributed by atoms with E-state index in [1.807, 2.05) is 6.07 Å². The molecule has 0 saturated carbocycles. The third kappa shape index (κ3) is 4.34. The van der Waals surface area contributed by atoms with Crippen molar-refractivity contribution >= 4 is 5.91 Å². The fraction of sp³-hybridized carbons (Fsp3) is 0.333. The molecule has 0 aliphatic heterocycles. The zero-order valence-electron chi connectivity index (χ0n) is 12.0. The summed E-state index contributed by atoms with van der Waals surface area (Å²) < 4.78 is 39.5. The van der Waals surface area contributed by atoms with Gasteiger partial charge in [-0.1, -0.05) is 18.2 Å². The van der Waals surface area contributed by atoms with Crippen LogP contribution in [-0.4, -0.2) is 22.2 Å². The quantitative estimate of drug-likeness (QED) is 0.921. The monoisotopic (exact) mass is 311 g/mol. The first kappa shape index (κ1) is 16.1. The number of benzene rings is 1. The number of aromatic nitrogens is 2. The van der Waals surface area contributed by atoms with Gasteiger partial charge >= 0.3 is 6.18 Å². The first-order valence-corrected chi connectivity index (χ1v) is 6.76. The van der Waals surface area contributed by atoms with Gasteiger partial charge in [0.05, 0.1) is 12.0 Å². The molecule has 2 rings (SSSR count). The molecule has 1 amide bonds. The van der Waals surface area contributed by atoms with E-state index in [1.54, 1.807) is 17.9 Å². The first-order chi connectivity index (χ1) is 10.4. The topological polar surface area (TPSA) is 46.9 Å². The van der Waals surface area contributed by atoms with Crippen LogP contribution in [0.1, 0.15) is 16.8 Å². The Balaban J connectivity index is 1.86. The second-order valence-electron chi connectivity index (χ2n) is 4.92. The minimum atomic E-state index is -4.40. The van der Waals surface area contributed by atoms with Crippen LogP contribution in [0.15, 0.2) is 36.5 Å². The maximum atomic E-state index is 12.6. The molecule has 1 aromatic heterocycles. The van der Waals surface area contributed by atoms with E-state index in [-0.39, 0.29) is 12.3 Å². The summed E-state index contributed by atoms with van der Waals surface area (Å²) in [4.78, 5) is 11.8. The molecule has 7 heteroatoms. The summed E-state index contributed by atoms with van der Waals surface area (Å²) >= 11 is 0. The number of nitrogens with zero attached hydrogens (tertiary/aromatic N) is 2. The number of hydrogen-bond acceptors (Lipinski definition) is 2. The Kier molecular flexibility index (Phi) is 4.85. The largest absolute Gasteiger partial charge is 0.416 e. The molecule has 22 heavy (non-hydrogen) atoms. The molecular formula is C15H16F3N3O. The summed E-state index contributed by atoms with van der Waals surface area (Å²) in [5.74, 6) is -0.304. The van der Waals surface area contributed by atoms with Crippen molar-refractivity contribution in [2.45, 2.75) is 19.0 Å². The average molecular weight is 311 g/mol. The lowest BCUT2D eigenvalue weighted by atomic mass is 10.1. The van der Waals surface area contributed by atoms with Crippen molar-refractivity contribution in [1.82, 2.24) is 15.1 Å². The van der Waals surface area contributed by atoms with Gasteiger partial charge in [-0.2, -0.15) is 18.3 Å². The Bertz CT molecular complexity index is 649. The summed E-state index contributed by atoms with van der Waals surface area (Å²) in [5, 5.41) is 6.71. The van der Waals surface area contributed by atoms with Crippen LogP contribution in [0.5, 0.6) is 0 Å². The lowest BCUT2D eigenvalue weighted by Crippen LogP contribution is -2.27. The van der Waals surface area contributed by atoms with Crippen molar-refractivity contribution < 1.29 is 18.0 Å². The Labute approximate surface area is 125 Å². The van der Waals surface area contributed by atoms with E-state index in [4.69, 9.17) is 0 Å². The van der Waals surface area contributed by atoms with Gasteiger partial charge in [0.2, 0.25) is 5.91 Å². The molecule has 0 unspecified atom stereocenters. The molecule has 0 fully saturated rings. The maximum absolute atomic E-state index is 12.6. The van der Waals surface area contributed by atoms with E-state index in [0.29, 0.717) is 18.5 Å². The fourth-order valence-electron chi connectivity index (χ4n) is 2.08. The molecule has 0 bridgehead atoms. The summed E-state index contributed by atoms with van der Waals surface area (Å²) in [5.41, 5.74) is 0.569. The third-order valence-electron chi connectivity index (χ3n) is 3.24. The van der Waals surface area contributed by atoms with Crippen LogP contribution < -0.4 is 5.32 Å². The number of hydrogen-bond donors (Lipinski definition) is 1. The van der Waals surface area contributed by atoms with Gasteiger partial charge in [-0.05, 0) is 17.7 Å². The highest BCUT2D eigenvalue weighted by Crippen LogP contribution is 2.29. The van der Waals surface area contributed by atoms with E-state index in [0.717, 1.165) is 17.8 Å². The van der Waals surface area contributed by atoms with Crippen molar-refractivity contribution in [3.63, 3.8) is 0 Å². The van der Waals surface area contributed by atoms with Crippen molar-refractivity contribution in [3.05, 3.63) is 53.3 Å². The molecule has 118 valence electrons. The highest BCUT2D eigenvalue weighted by Gasteiger charge is 2.30. The first-order valence-electron chi connectivity index (χ1n) is 6.76. The summed E-state index contributed by atoms with van der Waals surface area (Å²) in [6, 6.07) is 6.65. The SMILES string of the molecule is Cn1nccc1CCNC(=O)Cc1cccc(C(F)(F)F)c1. The summed E-state index contributed by atoms with van der Waals surface area (Å²) in [6.45, 7) is 0.414. The number of carbonyl (C=O) groups is 1. The van der Waals surface area contributed by atoms with Gasteiger partial charge in [-0.25, -0.2) is 0 Å². The van der Waals surface area contributed by atoms with Crippen molar-refractivity contribution in [2.24, 2.45) is 7.05 Å². The molecular weight excluding hydrogens is 295 g/mol. The van der Waals surface area contributed by atoms with Crippen LogP contribution in [0, 0.1) is 0 Å². The molecule has 0 aliphatic carbocycles. The Morgan fingerprint density at radius 2 is 2.09 bits per heavy atom. The molecule has 0 spiro atoms. The minimum absolute atomic E-state index is 0.0741. The summed E-state index contributed by atoms with van der Waals surface area (Å²) in [7, 11) is 1.81. The van der Waals surface area contributed by atoms with E-state index in [2.05, 4.69) is 10.4 Å². The number of amides is 1. The van der Waals surface area contributed by atoms with E-state index in [9.17, 15) is 18.0 Å². The van der Waals surface area contributed by atoms with E-state index in [1.165, 1.54) is 12.1 Å². The molecule has 2 aromatic rings. The molecule has 1 heterocycles. The zero-order valence-corrected chi connectivity index (χ0v) is 12.0. The molecule has 1 aromatic carbocycles. The van der Waals surface area contributed by atoms with Crippen molar-refractivity contribution in [1.29, 1.82) is 0 Å². The van der Waals surface area contributed by atoms with Gasteiger partial charge in [0, 0.05) is 31.9 Å². The number of carbonyl (C=O) groups excluding carboxylic acids is 1. The van der Waals surface area contributed by atoms with Crippen LogP contribution in [0.2, 0.25) is 0 Å². The lowest BCUT2D eigenvalue weighted by Gasteiger charge is -2.09. The maximum Gasteiger partial charge on any atom is 0.416 e. The number of aryl methyl sites for hydroxylation is 1. The Hall–Kier alpha value is -2.31. The highest BCUT2D eigenvalue weighted by molar-refractivity contribution is 5.78. The predicted molar refractivity (Wildman–Crippen MR) is 75.1 cm³/mol. The van der Waals surface area contributed by atoms with Crippen molar-refractivity contribution in [3.8, 4) is 0 Å². The second-order valence-corrected chi connectivity index (χ2v) is 4.92. The molecule has 0 saturated heterocycles. The van der Waals surface area contributed by atoms with Crippen LogP contribution in [0.3, 0.4) is 0 Å². The summed E-state index contributed by atoms with van der Waals surface area (Å²) in [6.07, 6.45) is -2.19. The van der Waals surface area contributed by atoms with Crippen molar-refractivity contribution in [2.75, 3.05) is 6.54 Å². The fourth-order valence-corrected chi connectivity index (χ4v) is 2.08. The minimum Gasteiger partial charge on any atom is -0.355 e. The van der Waals surface area contributed by atoms with Crippen LogP contribution in [0.4, 0.5) is 13.2 Å². The number of alkyl halides is 3. The standard InChI is InChI=1S/C15H16F3N3O/c1-21-13(6-8-20-21)5-7-19-14(22)10-11-3-2-4-12(9-11)15(16,17)18/h2-4,6,8-9H,5,7,10H2,1H3,(H,19,22). The van der Waals surface area contributed by atoms with Gasteiger partial charge in [0.25, 0.3) is 0 Å². The number of rotatable bonds is 5.